The number of carbonyl (C=O) groups is 1. The second-order valence-electron chi connectivity index (χ2n) is 11.0. The van der Waals surface area contributed by atoms with Crippen LogP contribution in [0, 0.1) is 5.41 Å². The molecule has 11 nitrogen and oxygen atoms in total. The van der Waals surface area contributed by atoms with Crippen molar-refractivity contribution in [2.45, 2.75) is 77.0 Å². The summed E-state index contributed by atoms with van der Waals surface area (Å²) in [6.45, 7) is 8.53. The summed E-state index contributed by atoms with van der Waals surface area (Å²) in [6, 6.07) is 1.24. The number of nitrogens with zero attached hydrogens (tertiary/aromatic N) is 6. The molecule has 3 atom stereocenters. The van der Waals surface area contributed by atoms with Gasteiger partial charge in [0.1, 0.15) is 23.5 Å². The summed E-state index contributed by atoms with van der Waals surface area (Å²) in [5.74, 6) is 0.838. The first-order valence-electron chi connectivity index (χ1n) is 13.2. The lowest BCUT2D eigenvalue weighted by molar-refractivity contribution is -0.169. The molecular formula is C26H33F3N8O3. The van der Waals surface area contributed by atoms with Crippen LogP contribution in [0.25, 0.3) is 0 Å². The Morgan fingerprint density at radius 2 is 1.93 bits per heavy atom. The minimum Gasteiger partial charge on any atom is -0.457 e. The summed E-state index contributed by atoms with van der Waals surface area (Å²) >= 11 is 0. The summed E-state index contributed by atoms with van der Waals surface area (Å²) in [4.78, 5) is 31.4. The molecule has 0 aliphatic carbocycles. The first-order chi connectivity index (χ1) is 18.8. The van der Waals surface area contributed by atoms with E-state index in [4.69, 9.17) is 20.6 Å². The predicted octanol–water partition coefficient (Wildman–Crippen LogP) is 3.50. The van der Waals surface area contributed by atoms with E-state index in [9.17, 15) is 18.0 Å². The molecule has 2 aromatic heterocycles. The lowest BCUT2D eigenvalue weighted by Crippen LogP contribution is -2.45. The molecule has 3 aliphatic heterocycles. The third-order valence-electron chi connectivity index (χ3n) is 7.50. The fourth-order valence-corrected chi connectivity index (χ4v) is 5.69. The summed E-state index contributed by atoms with van der Waals surface area (Å²) in [7, 11) is 0. The van der Waals surface area contributed by atoms with E-state index in [1.54, 1.807) is 26.1 Å². The number of fused-ring (bicyclic) bond motifs is 1. The molecule has 5 heterocycles. The zero-order valence-electron chi connectivity index (χ0n) is 22.8. The van der Waals surface area contributed by atoms with Gasteiger partial charge in [0.2, 0.25) is 5.91 Å². The van der Waals surface area contributed by atoms with Crippen molar-refractivity contribution in [3.05, 3.63) is 29.7 Å². The topological polar surface area (TPSA) is 134 Å². The largest absolute Gasteiger partial charge is 0.457 e. The molecular weight excluding hydrogens is 529 g/mol. The third-order valence-corrected chi connectivity index (χ3v) is 7.50. The van der Waals surface area contributed by atoms with Gasteiger partial charge >= 0.3 is 6.18 Å². The van der Waals surface area contributed by atoms with Crippen molar-refractivity contribution in [3.8, 4) is 0 Å². The molecule has 2 fully saturated rings. The fourth-order valence-electron chi connectivity index (χ4n) is 5.69. The average molecular weight is 563 g/mol. The number of aromatic nitrogens is 3. The van der Waals surface area contributed by atoms with Crippen LogP contribution < -0.4 is 15.5 Å². The van der Waals surface area contributed by atoms with Gasteiger partial charge in [-0.3, -0.25) is 15.1 Å². The molecule has 40 heavy (non-hydrogen) atoms. The quantitative estimate of drug-likeness (QED) is 0.424. The van der Waals surface area contributed by atoms with E-state index < -0.39 is 23.7 Å². The Bertz CT molecular complexity index is 1290. The molecule has 0 spiro atoms. The Balaban J connectivity index is 1.39. The van der Waals surface area contributed by atoms with Gasteiger partial charge in [0.25, 0.3) is 6.02 Å². The number of ether oxygens (including phenoxy) is 2. The van der Waals surface area contributed by atoms with E-state index in [1.165, 1.54) is 4.90 Å². The molecule has 0 saturated carbocycles. The predicted molar refractivity (Wildman–Crippen MR) is 141 cm³/mol. The van der Waals surface area contributed by atoms with Crippen LogP contribution in [0.2, 0.25) is 0 Å². The second kappa shape index (κ2) is 10.1. The van der Waals surface area contributed by atoms with Crippen molar-refractivity contribution in [1.82, 2.24) is 19.9 Å². The zero-order chi connectivity index (χ0) is 29.0. The number of amides is 1. The Morgan fingerprint density at radius 1 is 1.23 bits per heavy atom. The molecule has 2 saturated heterocycles. The van der Waals surface area contributed by atoms with Crippen LogP contribution in [-0.4, -0.2) is 75.8 Å². The zero-order valence-corrected chi connectivity index (χ0v) is 22.8. The van der Waals surface area contributed by atoms with E-state index in [1.807, 2.05) is 19.9 Å². The van der Waals surface area contributed by atoms with E-state index in [0.717, 1.165) is 10.7 Å². The molecule has 1 amide bonds. The molecule has 216 valence electrons. The number of pyridine rings is 1. The number of halogens is 3. The first-order valence-corrected chi connectivity index (χ1v) is 13.2. The van der Waals surface area contributed by atoms with Crippen LogP contribution in [0.3, 0.4) is 0 Å². The Kier molecular flexibility index (Phi) is 7.01. The van der Waals surface area contributed by atoms with Gasteiger partial charge in [-0.25, -0.2) is 15.0 Å². The summed E-state index contributed by atoms with van der Waals surface area (Å²) < 4.78 is 51.2. The van der Waals surface area contributed by atoms with E-state index in [2.05, 4.69) is 19.9 Å². The minimum absolute atomic E-state index is 0.0418. The monoisotopic (exact) mass is 562 g/mol. The molecule has 0 unspecified atom stereocenters. The van der Waals surface area contributed by atoms with Gasteiger partial charge in [0.05, 0.1) is 35.1 Å². The van der Waals surface area contributed by atoms with Crippen LogP contribution in [0.15, 0.2) is 18.3 Å². The Labute approximate surface area is 230 Å². The number of alkyl halides is 3. The Morgan fingerprint density at radius 3 is 2.55 bits per heavy atom. The standard InChI is InChI=1S/C26H33F3N8O3/c1-14-11-35(12-15(2)40-14)19-8-7-16(10-32-19)37-22-20(25(3,4)23(37)38)21(30)33-18(34-22)13-39-24(31)36-9-5-6-17(36)26(27,28)29/h7-8,10,14-15,17,31H,5-6,9,11-13H2,1-4H3,(H2,30,33,34)/t14-,15+,17-/m1/s1. The number of morpholine rings is 1. The van der Waals surface area contributed by atoms with Crippen LogP contribution in [0.4, 0.5) is 36.3 Å². The number of hydrogen-bond acceptors (Lipinski definition) is 9. The van der Waals surface area contributed by atoms with Crippen LogP contribution in [0.1, 0.15) is 51.9 Å². The van der Waals surface area contributed by atoms with Crippen LogP contribution in [0.5, 0.6) is 0 Å². The van der Waals surface area contributed by atoms with E-state index in [0.29, 0.717) is 30.8 Å². The number of likely N-dealkylation sites (tertiary alicyclic amines) is 1. The summed E-state index contributed by atoms with van der Waals surface area (Å²) in [5.41, 5.74) is 6.16. The summed E-state index contributed by atoms with van der Waals surface area (Å²) in [5, 5.41) is 8.08. The average Bonchev–Trinajstić information content (AvgIpc) is 3.44. The fraction of sp³-hybridized carbons (Fsp3) is 0.577. The maximum Gasteiger partial charge on any atom is 0.408 e. The van der Waals surface area contributed by atoms with E-state index >= 15 is 0 Å². The van der Waals surface area contributed by atoms with Gasteiger partial charge in [0.15, 0.2) is 12.4 Å². The van der Waals surface area contributed by atoms with Gasteiger partial charge in [-0.2, -0.15) is 13.2 Å². The smallest absolute Gasteiger partial charge is 0.408 e. The second-order valence-corrected chi connectivity index (χ2v) is 11.0. The number of carbonyl (C=O) groups excluding carboxylic acids is 1. The number of rotatable bonds is 4. The molecule has 14 heteroatoms. The van der Waals surface area contributed by atoms with Crippen molar-refractivity contribution in [2.24, 2.45) is 0 Å². The number of anilines is 4. The third kappa shape index (κ3) is 5.00. The van der Waals surface area contributed by atoms with Crippen molar-refractivity contribution in [2.75, 3.05) is 35.2 Å². The molecule has 5 rings (SSSR count). The minimum atomic E-state index is -4.46. The highest BCUT2D eigenvalue weighted by molar-refractivity contribution is 6.12. The first kappa shape index (κ1) is 27.9. The molecule has 0 bridgehead atoms. The maximum absolute atomic E-state index is 13.6. The Hall–Kier alpha value is -3.68. The van der Waals surface area contributed by atoms with Gasteiger partial charge < -0.3 is 25.0 Å². The van der Waals surface area contributed by atoms with Gasteiger partial charge in [-0.15, -0.1) is 0 Å². The van der Waals surface area contributed by atoms with E-state index in [-0.39, 0.29) is 55.1 Å². The van der Waals surface area contributed by atoms with Crippen molar-refractivity contribution < 1.29 is 27.4 Å². The number of nitrogen functional groups attached to an aromatic ring is 1. The molecule has 0 aromatic carbocycles. The number of hydrogen-bond donors (Lipinski definition) is 2. The normalized spacial score (nSPS) is 24.4. The van der Waals surface area contributed by atoms with Crippen molar-refractivity contribution in [1.29, 1.82) is 5.41 Å². The number of nitrogens with one attached hydrogen (secondary N) is 1. The van der Waals surface area contributed by atoms with Gasteiger partial charge in [-0.05, 0) is 52.7 Å². The highest BCUT2D eigenvalue weighted by Gasteiger charge is 2.49. The highest BCUT2D eigenvalue weighted by atomic mass is 19.4. The maximum atomic E-state index is 13.6. The molecule has 0 radical (unpaired) electrons. The molecule has 2 aromatic rings. The number of amidine groups is 1. The lowest BCUT2D eigenvalue weighted by atomic mass is 9.87. The number of nitrogens with two attached hydrogens (primary N) is 1. The van der Waals surface area contributed by atoms with Crippen molar-refractivity contribution in [3.63, 3.8) is 0 Å². The van der Waals surface area contributed by atoms with Gasteiger partial charge in [0, 0.05) is 19.6 Å². The summed E-state index contributed by atoms with van der Waals surface area (Å²) in [6.07, 6.45) is -2.54. The van der Waals surface area contributed by atoms with Gasteiger partial charge in [-0.1, -0.05) is 0 Å². The SMILES string of the molecule is C[C@@H]1CN(c2ccc(N3C(=O)C(C)(C)c4c(N)nc(COC(=N)N5CCC[C@@H]5C(F)(F)F)nc43)cn2)C[C@H](C)O1. The molecule has 3 aliphatic rings. The van der Waals surface area contributed by atoms with Crippen LogP contribution in [-0.2, 0) is 26.3 Å². The lowest BCUT2D eigenvalue weighted by Gasteiger charge is -2.36. The highest BCUT2D eigenvalue weighted by Crippen LogP contribution is 2.46. The van der Waals surface area contributed by atoms with Crippen molar-refractivity contribution >= 4 is 35.1 Å². The molecule has 3 N–H and O–H groups in total. The van der Waals surface area contributed by atoms with Crippen LogP contribution >= 0.6 is 0 Å².